The summed E-state index contributed by atoms with van der Waals surface area (Å²) in [5, 5.41) is 0. The quantitative estimate of drug-likeness (QED) is 0.245. The average molecular weight is 684 g/mol. The van der Waals surface area contributed by atoms with Gasteiger partial charge in [-0.25, -0.2) is 9.79 Å². The second-order valence-corrected chi connectivity index (χ2v) is 12.2. The van der Waals surface area contributed by atoms with Crippen LogP contribution in [-0.2, 0) is 19.1 Å². The first-order valence-corrected chi connectivity index (χ1v) is 16.6. The van der Waals surface area contributed by atoms with Gasteiger partial charge in [0.2, 0.25) is 6.79 Å². The molecule has 49 heavy (non-hydrogen) atoms. The van der Waals surface area contributed by atoms with Crippen LogP contribution < -0.4 is 33.8 Å². The highest BCUT2D eigenvalue weighted by Crippen LogP contribution is 2.40. The van der Waals surface area contributed by atoms with Crippen molar-refractivity contribution < 1.29 is 38.0 Å². The number of benzene rings is 3. The van der Waals surface area contributed by atoms with Gasteiger partial charge in [-0.2, -0.15) is 0 Å². The van der Waals surface area contributed by atoms with E-state index in [4.69, 9.17) is 33.4 Å². The topological polar surface area (TPSA) is 127 Å². The number of hydrogen-bond donors (Lipinski definition) is 0. The first-order valence-electron chi connectivity index (χ1n) is 15.8. The number of fused-ring (bicyclic) bond motifs is 2. The van der Waals surface area contributed by atoms with Gasteiger partial charge in [-0.3, -0.25) is 14.2 Å². The number of morpholine rings is 1. The van der Waals surface area contributed by atoms with Crippen LogP contribution in [0, 0.1) is 0 Å². The van der Waals surface area contributed by atoms with Crippen molar-refractivity contribution in [3.63, 3.8) is 0 Å². The molecule has 3 aliphatic rings. The lowest BCUT2D eigenvalue weighted by Gasteiger charge is -2.26. The number of esters is 1. The molecule has 0 radical (unpaired) electrons. The summed E-state index contributed by atoms with van der Waals surface area (Å²) in [5.41, 5.74) is 2.33. The number of ether oxygens (including phenoxy) is 6. The van der Waals surface area contributed by atoms with E-state index in [2.05, 4.69) is 0 Å². The third-order valence-electron chi connectivity index (χ3n) is 8.29. The van der Waals surface area contributed by atoms with Gasteiger partial charge in [0.15, 0.2) is 34.4 Å². The molecular formula is C36H33N3O9S. The van der Waals surface area contributed by atoms with E-state index in [9.17, 15) is 14.4 Å². The Balaban J connectivity index is 1.31. The fraction of sp³-hybridized carbons (Fsp3) is 0.278. The molecule has 7 rings (SSSR count). The van der Waals surface area contributed by atoms with Gasteiger partial charge in [-0.05, 0) is 48.4 Å². The van der Waals surface area contributed by atoms with E-state index in [-0.39, 0.29) is 37.0 Å². The smallest absolute Gasteiger partial charge is 0.338 e. The van der Waals surface area contributed by atoms with Crippen LogP contribution in [0.1, 0.15) is 29.7 Å². The minimum Gasteiger partial charge on any atom is -0.493 e. The van der Waals surface area contributed by atoms with E-state index in [1.807, 2.05) is 36.4 Å². The summed E-state index contributed by atoms with van der Waals surface area (Å²) in [6.45, 7) is 3.88. The van der Waals surface area contributed by atoms with Gasteiger partial charge in [0.05, 0.1) is 48.8 Å². The molecule has 0 unspecified atom stereocenters. The number of rotatable bonds is 9. The number of amides is 1. The van der Waals surface area contributed by atoms with Crippen molar-refractivity contribution in [3.05, 3.63) is 109 Å². The lowest BCUT2D eigenvalue weighted by Crippen LogP contribution is -2.43. The van der Waals surface area contributed by atoms with Crippen molar-refractivity contribution in [1.29, 1.82) is 0 Å². The zero-order chi connectivity index (χ0) is 33.9. The summed E-state index contributed by atoms with van der Waals surface area (Å²) in [6.07, 6.45) is 1.74. The van der Waals surface area contributed by atoms with E-state index >= 15 is 0 Å². The van der Waals surface area contributed by atoms with Crippen molar-refractivity contribution in [1.82, 2.24) is 9.47 Å². The maximum absolute atomic E-state index is 14.3. The largest absolute Gasteiger partial charge is 0.493 e. The number of carbonyl (C=O) groups excluding carboxylic acids is 2. The van der Waals surface area contributed by atoms with Crippen LogP contribution in [0.2, 0.25) is 0 Å². The van der Waals surface area contributed by atoms with Crippen molar-refractivity contribution in [2.75, 3.05) is 53.4 Å². The standard InChI is InChI=1S/C36H33N3O9S/c1-3-45-35(42)31-32(23-7-5-4-6-8-23)37-36-39(33(31)24-10-12-26-28(19-24)48-21-47-26)34(41)29(49-36)18-22-9-11-25(27(17-22)43-2)46-20-30(40)38-13-15-44-16-14-38/h4-12,17-19,33H,3,13-16,20-21H2,1-2H3/b29-18+/t33-/m1/s1. The van der Waals surface area contributed by atoms with Gasteiger partial charge in [-0.1, -0.05) is 53.8 Å². The fourth-order valence-corrected chi connectivity index (χ4v) is 6.93. The Bertz CT molecular complexity index is 2120. The van der Waals surface area contributed by atoms with E-state index in [0.717, 1.165) is 0 Å². The van der Waals surface area contributed by atoms with Crippen LogP contribution >= 0.6 is 11.3 Å². The molecule has 1 saturated heterocycles. The highest BCUT2D eigenvalue weighted by molar-refractivity contribution is 7.07. The third kappa shape index (κ3) is 6.42. The van der Waals surface area contributed by atoms with Gasteiger partial charge in [0, 0.05) is 18.7 Å². The molecule has 1 amide bonds. The molecule has 1 aromatic heterocycles. The molecule has 1 fully saturated rings. The molecule has 12 nitrogen and oxygen atoms in total. The Kier molecular flexibility index (Phi) is 9.18. The molecule has 0 bridgehead atoms. The maximum Gasteiger partial charge on any atom is 0.338 e. The lowest BCUT2D eigenvalue weighted by atomic mass is 9.93. The van der Waals surface area contributed by atoms with E-state index < -0.39 is 12.0 Å². The molecule has 0 spiro atoms. The summed E-state index contributed by atoms with van der Waals surface area (Å²) in [4.78, 5) is 47.7. The van der Waals surface area contributed by atoms with Crippen molar-refractivity contribution in [2.45, 2.75) is 13.0 Å². The Labute approximate surface area is 285 Å². The minimum absolute atomic E-state index is 0.0782. The number of hydrogen-bond acceptors (Lipinski definition) is 11. The van der Waals surface area contributed by atoms with Crippen LogP contribution in [0.15, 0.2) is 82.1 Å². The van der Waals surface area contributed by atoms with Crippen LogP contribution in [0.5, 0.6) is 23.0 Å². The molecular weight excluding hydrogens is 650 g/mol. The van der Waals surface area contributed by atoms with Crippen LogP contribution in [0.4, 0.5) is 0 Å². The third-order valence-corrected chi connectivity index (χ3v) is 9.27. The number of carbonyl (C=O) groups is 2. The first kappa shape index (κ1) is 32.2. The predicted molar refractivity (Wildman–Crippen MR) is 180 cm³/mol. The minimum atomic E-state index is -0.864. The average Bonchev–Trinajstić information content (AvgIpc) is 3.74. The molecule has 1 atom stereocenters. The number of aromatic nitrogens is 1. The summed E-state index contributed by atoms with van der Waals surface area (Å²) in [5.74, 6) is 1.19. The van der Waals surface area contributed by atoms with E-state index in [0.29, 0.717) is 81.0 Å². The van der Waals surface area contributed by atoms with Crippen LogP contribution in [0.25, 0.3) is 11.8 Å². The van der Waals surface area contributed by atoms with Gasteiger partial charge >= 0.3 is 5.97 Å². The molecule has 3 aromatic carbocycles. The van der Waals surface area contributed by atoms with Crippen molar-refractivity contribution in [2.24, 2.45) is 4.99 Å². The monoisotopic (exact) mass is 683 g/mol. The lowest BCUT2D eigenvalue weighted by molar-refractivity contribution is -0.139. The van der Waals surface area contributed by atoms with E-state index in [1.165, 1.54) is 23.0 Å². The first-order chi connectivity index (χ1) is 23.9. The van der Waals surface area contributed by atoms with Crippen molar-refractivity contribution >= 4 is 35.0 Å². The van der Waals surface area contributed by atoms with Gasteiger partial charge in [-0.15, -0.1) is 0 Å². The zero-order valence-corrected chi connectivity index (χ0v) is 27.7. The number of thiazole rings is 1. The predicted octanol–water partition coefficient (Wildman–Crippen LogP) is 2.91. The normalized spacial score (nSPS) is 17.0. The maximum atomic E-state index is 14.3. The molecule has 0 N–H and O–H groups in total. The highest BCUT2D eigenvalue weighted by atomic mass is 32.1. The molecule has 252 valence electrons. The van der Waals surface area contributed by atoms with Gasteiger partial charge < -0.3 is 33.3 Å². The Hall–Kier alpha value is -5.40. The number of methoxy groups -OCH3 is 1. The second kappa shape index (κ2) is 14.0. The zero-order valence-electron chi connectivity index (χ0n) is 26.9. The molecule has 13 heteroatoms. The SMILES string of the molecule is CCOC(=O)C1=C(c2ccccc2)N=c2s/c(=C/c3ccc(OCC(=O)N4CCOCC4)c(OC)c3)c(=O)n2[C@@H]1c1ccc2c(c1)OCO2. The Morgan fingerprint density at radius 2 is 1.80 bits per heavy atom. The molecule has 0 aliphatic carbocycles. The molecule has 4 heterocycles. The van der Waals surface area contributed by atoms with Gasteiger partial charge in [0.25, 0.3) is 11.5 Å². The van der Waals surface area contributed by atoms with Crippen LogP contribution in [-0.4, -0.2) is 74.8 Å². The van der Waals surface area contributed by atoms with Crippen molar-refractivity contribution in [3.8, 4) is 23.0 Å². The summed E-state index contributed by atoms with van der Waals surface area (Å²) < 4.78 is 35.4. The van der Waals surface area contributed by atoms with Gasteiger partial charge in [0.1, 0.15) is 0 Å². The number of nitrogens with zero attached hydrogens (tertiary/aromatic N) is 3. The van der Waals surface area contributed by atoms with Crippen LogP contribution in [0.3, 0.4) is 0 Å². The molecule has 0 saturated carbocycles. The summed E-state index contributed by atoms with van der Waals surface area (Å²) in [6, 6.07) is 19.1. The van der Waals surface area contributed by atoms with E-state index in [1.54, 1.807) is 48.2 Å². The second-order valence-electron chi connectivity index (χ2n) is 11.2. The summed E-state index contributed by atoms with van der Waals surface area (Å²) >= 11 is 1.21. The Morgan fingerprint density at radius 1 is 1.00 bits per heavy atom. The highest BCUT2D eigenvalue weighted by Gasteiger charge is 2.36. The Morgan fingerprint density at radius 3 is 2.57 bits per heavy atom. The molecule has 4 aromatic rings. The summed E-state index contributed by atoms with van der Waals surface area (Å²) in [7, 11) is 1.51. The molecule has 3 aliphatic heterocycles. The fourth-order valence-electron chi connectivity index (χ4n) is 5.93.